The minimum atomic E-state index is 0.185. The molecule has 2 aliphatic rings. The molecule has 1 aromatic carbocycles. The maximum absolute atomic E-state index is 12.4. The smallest absolute Gasteiger partial charge is 0.144 e. The van der Waals surface area contributed by atoms with Gasteiger partial charge in [-0.3, -0.25) is 4.79 Å². The zero-order valence-corrected chi connectivity index (χ0v) is 10.1. The number of carbonyl (C=O) groups excluding carboxylic acids is 1. The number of hydrogen-bond acceptors (Lipinski definition) is 2. The number of benzene rings is 1. The van der Waals surface area contributed by atoms with Gasteiger partial charge in [0.05, 0.1) is 5.92 Å². The summed E-state index contributed by atoms with van der Waals surface area (Å²) in [6.07, 6.45) is 4.75. The maximum atomic E-state index is 12.4. The van der Waals surface area contributed by atoms with Crippen LogP contribution in [-0.4, -0.2) is 11.5 Å². The molecule has 1 nitrogen and oxygen atoms in total. The normalized spacial score (nSPS) is 24.6. The molecular weight excluding hydrogens is 216 g/mol. The van der Waals surface area contributed by atoms with Crippen molar-refractivity contribution < 1.29 is 4.79 Å². The van der Waals surface area contributed by atoms with Gasteiger partial charge in [0, 0.05) is 16.6 Å². The van der Waals surface area contributed by atoms with E-state index in [-0.39, 0.29) is 5.92 Å². The van der Waals surface area contributed by atoms with E-state index < -0.39 is 0 Å². The third-order valence-electron chi connectivity index (χ3n) is 3.80. The van der Waals surface area contributed by atoms with Crippen molar-refractivity contribution in [1.29, 1.82) is 0 Å². The predicted octanol–water partition coefficient (Wildman–Crippen LogP) is 3.64. The van der Waals surface area contributed by atoms with Crippen molar-refractivity contribution in [2.45, 2.75) is 36.5 Å². The van der Waals surface area contributed by atoms with Crippen LogP contribution in [0, 0.1) is 5.92 Å². The van der Waals surface area contributed by atoms with Crippen molar-refractivity contribution in [1.82, 2.24) is 0 Å². The lowest BCUT2D eigenvalue weighted by atomic mass is 9.88. The summed E-state index contributed by atoms with van der Waals surface area (Å²) in [5.74, 6) is 2.02. The number of thioether (sulfide) groups is 1. The van der Waals surface area contributed by atoms with Crippen molar-refractivity contribution >= 4 is 17.5 Å². The summed E-state index contributed by atoms with van der Waals surface area (Å²) >= 11 is 1.84. The Kier molecular flexibility index (Phi) is 2.76. The fourth-order valence-corrected chi connectivity index (χ4v) is 4.13. The molecule has 0 bridgehead atoms. The predicted molar refractivity (Wildman–Crippen MR) is 66.9 cm³/mol. The summed E-state index contributed by atoms with van der Waals surface area (Å²) in [6, 6.07) is 8.39. The van der Waals surface area contributed by atoms with Gasteiger partial charge in [-0.25, -0.2) is 0 Å². The van der Waals surface area contributed by atoms with Crippen LogP contribution in [0.4, 0.5) is 0 Å². The first-order chi connectivity index (χ1) is 7.86. The summed E-state index contributed by atoms with van der Waals surface area (Å²) in [7, 11) is 0. The molecule has 0 saturated heterocycles. The number of hydrogen-bond donors (Lipinski definition) is 0. The van der Waals surface area contributed by atoms with Gasteiger partial charge in [-0.15, -0.1) is 11.8 Å². The van der Waals surface area contributed by atoms with Crippen LogP contribution < -0.4 is 0 Å². The molecule has 0 N–H and O–H groups in total. The Hall–Kier alpha value is -0.760. The molecule has 84 valence electrons. The lowest BCUT2D eigenvalue weighted by Crippen LogP contribution is -2.19. The lowest BCUT2D eigenvalue weighted by Gasteiger charge is -2.14. The molecule has 0 radical (unpaired) electrons. The highest BCUT2D eigenvalue weighted by Crippen LogP contribution is 2.42. The van der Waals surface area contributed by atoms with Gasteiger partial charge in [0.15, 0.2) is 0 Å². The molecule has 1 atom stereocenters. The summed E-state index contributed by atoms with van der Waals surface area (Å²) in [5, 5.41) is 0. The van der Waals surface area contributed by atoms with Crippen molar-refractivity contribution in [2.24, 2.45) is 5.92 Å². The van der Waals surface area contributed by atoms with E-state index in [1.165, 1.54) is 23.3 Å². The van der Waals surface area contributed by atoms with Crippen molar-refractivity contribution in [3.05, 3.63) is 29.8 Å². The van der Waals surface area contributed by atoms with E-state index in [2.05, 4.69) is 24.3 Å². The van der Waals surface area contributed by atoms with Crippen molar-refractivity contribution in [3.8, 4) is 0 Å². The zero-order chi connectivity index (χ0) is 11.0. The molecule has 3 rings (SSSR count). The molecule has 1 heterocycles. The Bertz CT molecular complexity index is 407. The Morgan fingerprint density at radius 3 is 2.75 bits per heavy atom. The van der Waals surface area contributed by atoms with Gasteiger partial charge in [-0.1, -0.05) is 31.0 Å². The highest BCUT2D eigenvalue weighted by Gasteiger charge is 2.34. The lowest BCUT2D eigenvalue weighted by molar-refractivity contribution is -0.123. The van der Waals surface area contributed by atoms with Gasteiger partial charge in [-0.05, 0) is 24.5 Å². The van der Waals surface area contributed by atoms with Crippen LogP contribution in [0.1, 0.15) is 37.2 Å². The van der Waals surface area contributed by atoms with Crippen LogP contribution in [0.25, 0.3) is 0 Å². The quantitative estimate of drug-likeness (QED) is 0.774. The van der Waals surface area contributed by atoms with Crippen LogP contribution in [0.15, 0.2) is 29.2 Å². The van der Waals surface area contributed by atoms with Crippen molar-refractivity contribution in [3.63, 3.8) is 0 Å². The van der Waals surface area contributed by atoms with Crippen LogP contribution in [0.5, 0.6) is 0 Å². The van der Waals surface area contributed by atoms with Gasteiger partial charge in [0.25, 0.3) is 0 Å². The Labute approximate surface area is 101 Å². The van der Waals surface area contributed by atoms with E-state index in [9.17, 15) is 4.79 Å². The molecule has 1 unspecified atom stereocenters. The van der Waals surface area contributed by atoms with E-state index in [1.807, 2.05) is 11.8 Å². The average molecular weight is 232 g/mol. The largest absolute Gasteiger partial charge is 0.299 e. The van der Waals surface area contributed by atoms with Gasteiger partial charge in [0.2, 0.25) is 0 Å². The summed E-state index contributed by atoms with van der Waals surface area (Å²) in [5.41, 5.74) is 1.28. The van der Waals surface area contributed by atoms with E-state index in [1.54, 1.807) is 0 Å². The SMILES string of the molecule is O=C(C1CCCC1)C1CSc2ccccc21. The molecule has 1 aliphatic heterocycles. The average Bonchev–Trinajstić information content (AvgIpc) is 2.98. The van der Waals surface area contributed by atoms with Gasteiger partial charge >= 0.3 is 0 Å². The van der Waals surface area contributed by atoms with Gasteiger partial charge in [0.1, 0.15) is 5.78 Å². The Morgan fingerprint density at radius 2 is 1.94 bits per heavy atom. The van der Waals surface area contributed by atoms with E-state index in [4.69, 9.17) is 0 Å². The minimum Gasteiger partial charge on any atom is -0.299 e. The first-order valence-electron chi connectivity index (χ1n) is 6.12. The Balaban J connectivity index is 1.84. The number of Topliss-reactive ketones (excluding diaryl/α,β-unsaturated/α-hetero) is 1. The molecule has 16 heavy (non-hydrogen) atoms. The molecule has 2 heteroatoms. The first kappa shape index (κ1) is 10.4. The van der Waals surface area contributed by atoms with Gasteiger partial charge < -0.3 is 0 Å². The Morgan fingerprint density at radius 1 is 1.19 bits per heavy atom. The molecule has 0 aromatic heterocycles. The highest BCUT2D eigenvalue weighted by molar-refractivity contribution is 7.99. The molecule has 1 saturated carbocycles. The topological polar surface area (TPSA) is 17.1 Å². The zero-order valence-electron chi connectivity index (χ0n) is 9.32. The van der Waals surface area contributed by atoms with E-state index in [0.29, 0.717) is 11.7 Å². The maximum Gasteiger partial charge on any atom is 0.144 e. The second kappa shape index (κ2) is 4.25. The summed E-state index contributed by atoms with van der Waals surface area (Å²) < 4.78 is 0. The monoisotopic (exact) mass is 232 g/mol. The van der Waals surface area contributed by atoms with Crippen molar-refractivity contribution in [2.75, 3.05) is 5.75 Å². The second-order valence-electron chi connectivity index (χ2n) is 4.79. The summed E-state index contributed by atoms with van der Waals surface area (Å²) in [6.45, 7) is 0. The number of rotatable bonds is 2. The van der Waals surface area contributed by atoms with Crippen LogP contribution in [0.2, 0.25) is 0 Å². The molecule has 1 fully saturated rings. The molecule has 1 aromatic rings. The number of ketones is 1. The van der Waals surface area contributed by atoms with Crippen LogP contribution in [-0.2, 0) is 4.79 Å². The van der Waals surface area contributed by atoms with Crippen LogP contribution in [0.3, 0.4) is 0 Å². The fraction of sp³-hybridized carbons (Fsp3) is 0.500. The van der Waals surface area contributed by atoms with E-state index in [0.717, 1.165) is 18.6 Å². The summed E-state index contributed by atoms with van der Waals surface area (Å²) in [4.78, 5) is 13.7. The molecule has 1 aliphatic carbocycles. The third-order valence-corrected chi connectivity index (χ3v) is 4.98. The van der Waals surface area contributed by atoms with E-state index >= 15 is 0 Å². The minimum absolute atomic E-state index is 0.185. The standard InChI is InChI=1S/C14H16OS/c15-14(10-5-1-2-6-10)12-9-16-13-8-4-3-7-11(12)13/h3-4,7-8,10,12H,1-2,5-6,9H2. The number of carbonyl (C=O) groups is 1. The molecule has 0 amide bonds. The molecular formula is C14H16OS. The van der Waals surface area contributed by atoms with Crippen LogP contribution >= 0.6 is 11.8 Å². The second-order valence-corrected chi connectivity index (χ2v) is 5.85. The first-order valence-corrected chi connectivity index (χ1v) is 7.10. The molecule has 0 spiro atoms. The third kappa shape index (κ3) is 1.69. The number of fused-ring (bicyclic) bond motifs is 1. The highest BCUT2D eigenvalue weighted by atomic mass is 32.2. The fourth-order valence-electron chi connectivity index (χ4n) is 2.89. The van der Waals surface area contributed by atoms with Gasteiger partial charge in [-0.2, -0.15) is 0 Å².